The lowest BCUT2D eigenvalue weighted by Gasteiger charge is -2.00. The van der Waals surface area contributed by atoms with E-state index in [2.05, 4.69) is 42.0 Å². The normalized spacial score (nSPS) is 10.8. The van der Waals surface area contributed by atoms with Gasteiger partial charge < -0.3 is 5.32 Å². The maximum atomic E-state index is 11.3. The Morgan fingerprint density at radius 2 is 2.38 bits per heavy atom. The molecule has 0 saturated heterocycles. The van der Waals surface area contributed by atoms with E-state index in [1.54, 1.807) is 0 Å². The molecule has 1 rings (SSSR count). The minimum absolute atomic E-state index is 0.0445. The van der Waals surface area contributed by atoms with Crippen molar-refractivity contribution in [1.82, 2.24) is 10.2 Å². The number of anilines is 1. The highest BCUT2D eigenvalue weighted by atomic mass is 32.1. The Hall–Kier alpha value is -0.970. The van der Waals surface area contributed by atoms with E-state index in [-0.39, 0.29) is 5.91 Å². The van der Waals surface area contributed by atoms with Crippen LogP contribution >= 0.6 is 12.6 Å². The van der Waals surface area contributed by atoms with Crippen molar-refractivity contribution in [1.29, 1.82) is 0 Å². The van der Waals surface area contributed by atoms with Gasteiger partial charge >= 0.3 is 0 Å². The van der Waals surface area contributed by atoms with Gasteiger partial charge in [-0.25, -0.2) is 0 Å². The average molecular weight is 241 g/mol. The van der Waals surface area contributed by atoms with Crippen LogP contribution < -0.4 is 5.32 Å². The zero-order valence-electron chi connectivity index (χ0n) is 9.79. The van der Waals surface area contributed by atoms with Gasteiger partial charge in [0.25, 0.3) is 0 Å². The van der Waals surface area contributed by atoms with Crippen LogP contribution in [0.5, 0.6) is 0 Å². The monoisotopic (exact) mass is 241 g/mol. The van der Waals surface area contributed by atoms with E-state index in [1.165, 1.54) is 0 Å². The first-order valence-corrected chi connectivity index (χ1v) is 6.20. The Bertz CT molecular complexity index is 336. The lowest BCUT2D eigenvalue weighted by atomic mass is 10.1. The quantitative estimate of drug-likeness (QED) is 0.669. The van der Waals surface area contributed by atoms with Gasteiger partial charge in [-0.2, -0.15) is 17.7 Å². The summed E-state index contributed by atoms with van der Waals surface area (Å²) < 4.78 is 0. The lowest BCUT2D eigenvalue weighted by Crippen LogP contribution is -2.11. The molecule has 0 aliphatic carbocycles. The van der Waals surface area contributed by atoms with E-state index in [0.29, 0.717) is 23.9 Å². The van der Waals surface area contributed by atoms with E-state index in [0.717, 1.165) is 18.5 Å². The predicted molar refractivity (Wildman–Crippen MR) is 68.8 cm³/mol. The summed E-state index contributed by atoms with van der Waals surface area (Å²) in [5.41, 5.74) is 1.06. The molecule has 0 atom stereocenters. The number of H-pyrrole nitrogens is 1. The van der Waals surface area contributed by atoms with Crippen molar-refractivity contribution in [2.24, 2.45) is 5.92 Å². The number of hydrogen-bond acceptors (Lipinski definition) is 3. The van der Waals surface area contributed by atoms with Gasteiger partial charge in [0.15, 0.2) is 5.82 Å². The summed E-state index contributed by atoms with van der Waals surface area (Å²) in [5, 5.41) is 9.68. The first kappa shape index (κ1) is 13.1. The molecule has 0 aromatic carbocycles. The van der Waals surface area contributed by atoms with Gasteiger partial charge in [0.2, 0.25) is 5.91 Å². The molecule has 90 valence electrons. The first-order valence-electron chi connectivity index (χ1n) is 5.56. The molecule has 1 aromatic heterocycles. The van der Waals surface area contributed by atoms with E-state index in [9.17, 15) is 4.79 Å². The van der Waals surface area contributed by atoms with Crippen LogP contribution in [0.4, 0.5) is 5.82 Å². The summed E-state index contributed by atoms with van der Waals surface area (Å²) in [6.45, 7) is 4.37. The molecule has 0 spiro atoms. The zero-order chi connectivity index (χ0) is 12.0. The average Bonchev–Trinajstić information content (AvgIpc) is 2.63. The van der Waals surface area contributed by atoms with Gasteiger partial charge in [-0.3, -0.25) is 9.89 Å². The number of amides is 1. The second-order valence-corrected chi connectivity index (χ2v) is 4.68. The van der Waals surface area contributed by atoms with Crippen LogP contribution in [-0.4, -0.2) is 21.9 Å². The fraction of sp³-hybridized carbons (Fsp3) is 0.636. The minimum Gasteiger partial charge on any atom is -0.309 e. The molecule has 0 unspecified atom stereocenters. The van der Waals surface area contributed by atoms with E-state index >= 15 is 0 Å². The topological polar surface area (TPSA) is 57.8 Å². The molecule has 0 radical (unpaired) electrons. The first-order chi connectivity index (χ1) is 7.61. The summed E-state index contributed by atoms with van der Waals surface area (Å²) >= 11 is 4.00. The molecule has 0 aliphatic heterocycles. The number of nitrogens with one attached hydrogen (secondary N) is 2. The zero-order valence-corrected chi connectivity index (χ0v) is 10.7. The molecule has 1 amide bonds. The van der Waals surface area contributed by atoms with Crippen LogP contribution in [0.15, 0.2) is 6.07 Å². The summed E-state index contributed by atoms with van der Waals surface area (Å²) in [4.78, 5) is 11.3. The SMILES string of the molecule is CC(C)CCc1cc(NC(=O)CCS)n[nH]1. The van der Waals surface area contributed by atoms with Crippen molar-refractivity contribution in [3.8, 4) is 0 Å². The largest absolute Gasteiger partial charge is 0.309 e. The number of thiol groups is 1. The number of rotatable bonds is 6. The summed E-state index contributed by atoms with van der Waals surface area (Å²) in [5.74, 6) is 1.78. The van der Waals surface area contributed by atoms with Gasteiger partial charge in [-0.05, 0) is 24.5 Å². The molecule has 1 aromatic rings. The van der Waals surface area contributed by atoms with Gasteiger partial charge in [0.05, 0.1) is 0 Å². The Balaban J connectivity index is 2.42. The van der Waals surface area contributed by atoms with Crippen LogP contribution in [0.1, 0.15) is 32.4 Å². The van der Waals surface area contributed by atoms with Crippen LogP contribution in [-0.2, 0) is 11.2 Å². The summed E-state index contributed by atoms with van der Waals surface area (Å²) in [7, 11) is 0. The van der Waals surface area contributed by atoms with Crippen LogP contribution in [0.25, 0.3) is 0 Å². The van der Waals surface area contributed by atoms with E-state index in [1.807, 2.05) is 6.07 Å². The van der Waals surface area contributed by atoms with Gasteiger partial charge in [-0.15, -0.1) is 0 Å². The highest BCUT2D eigenvalue weighted by Gasteiger charge is 2.05. The third kappa shape index (κ3) is 4.70. The fourth-order valence-corrected chi connectivity index (χ4v) is 1.51. The number of nitrogens with zero attached hydrogens (tertiary/aromatic N) is 1. The highest BCUT2D eigenvalue weighted by molar-refractivity contribution is 7.80. The summed E-state index contributed by atoms with van der Waals surface area (Å²) in [6.07, 6.45) is 2.50. The van der Waals surface area contributed by atoms with E-state index < -0.39 is 0 Å². The number of aromatic nitrogens is 2. The molecule has 16 heavy (non-hydrogen) atoms. The molecule has 2 N–H and O–H groups in total. The molecular formula is C11H19N3OS. The lowest BCUT2D eigenvalue weighted by molar-refractivity contribution is -0.115. The van der Waals surface area contributed by atoms with Crippen molar-refractivity contribution >= 4 is 24.4 Å². The maximum Gasteiger partial charge on any atom is 0.226 e. The Morgan fingerprint density at radius 1 is 1.62 bits per heavy atom. The molecule has 5 heteroatoms. The van der Waals surface area contributed by atoms with Crippen molar-refractivity contribution in [3.05, 3.63) is 11.8 Å². The maximum absolute atomic E-state index is 11.3. The number of carbonyl (C=O) groups excluding carboxylic acids is 1. The van der Waals surface area contributed by atoms with Crippen LogP contribution in [0, 0.1) is 5.92 Å². The van der Waals surface area contributed by atoms with Crippen molar-refractivity contribution in [3.63, 3.8) is 0 Å². The number of carbonyl (C=O) groups is 1. The Labute approximate surface area is 102 Å². The molecule has 0 fully saturated rings. The fourth-order valence-electron chi connectivity index (χ4n) is 1.30. The van der Waals surface area contributed by atoms with Gasteiger partial charge in [0, 0.05) is 18.2 Å². The van der Waals surface area contributed by atoms with Crippen molar-refractivity contribution in [2.45, 2.75) is 33.1 Å². The smallest absolute Gasteiger partial charge is 0.226 e. The molecule has 0 bridgehead atoms. The van der Waals surface area contributed by atoms with Crippen LogP contribution in [0.2, 0.25) is 0 Å². The molecule has 0 aliphatic rings. The standard InChI is InChI=1S/C11H19N3OS/c1-8(2)3-4-9-7-10(14-13-9)12-11(15)5-6-16/h7-8,16H,3-6H2,1-2H3,(H2,12,13,14,15). The number of aromatic amines is 1. The highest BCUT2D eigenvalue weighted by Crippen LogP contribution is 2.10. The van der Waals surface area contributed by atoms with Crippen molar-refractivity contribution < 1.29 is 4.79 Å². The summed E-state index contributed by atoms with van der Waals surface area (Å²) in [6, 6.07) is 1.89. The third-order valence-corrected chi connectivity index (χ3v) is 2.45. The molecule has 0 saturated carbocycles. The number of hydrogen-bond donors (Lipinski definition) is 3. The van der Waals surface area contributed by atoms with E-state index in [4.69, 9.17) is 0 Å². The molecular weight excluding hydrogens is 222 g/mol. The van der Waals surface area contributed by atoms with Gasteiger partial charge in [-0.1, -0.05) is 13.8 Å². The van der Waals surface area contributed by atoms with Crippen LogP contribution in [0.3, 0.4) is 0 Å². The number of aryl methyl sites for hydroxylation is 1. The predicted octanol–water partition coefficient (Wildman–Crippen LogP) is 2.26. The Morgan fingerprint density at radius 3 is 3.00 bits per heavy atom. The third-order valence-electron chi connectivity index (χ3n) is 2.23. The Kier molecular flexibility index (Phi) is 5.38. The second-order valence-electron chi connectivity index (χ2n) is 4.23. The second kappa shape index (κ2) is 6.58. The molecule has 1 heterocycles. The molecule has 4 nitrogen and oxygen atoms in total. The minimum atomic E-state index is -0.0445. The van der Waals surface area contributed by atoms with Crippen molar-refractivity contribution in [2.75, 3.05) is 11.1 Å². The van der Waals surface area contributed by atoms with Gasteiger partial charge in [0.1, 0.15) is 0 Å².